The normalized spacial score (nSPS) is 11.1. The van der Waals surface area contributed by atoms with E-state index < -0.39 is 0 Å². The molecule has 0 saturated heterocycles. The third-order valence-corrected chi connectivity index (χ3v) is 4.43. The van der Waals surface area contributed by atoms with Crippen LogP contribution in [-0.4, -0.2) is 52.0 Å². The molecule has 1 N–H and O–H groups in total. The highest BCUT2D eigenvalue weighted by Gasteiger charge is 2.11. The van der Waals surface area contributed by atoms with Crippen LogP contribution in [-0.2, 0) is 11.3 Å². The molecule has 0 aliphatic carbocycles. The van der Waals surface area contributed by atoms with Crippen molar-refractivity contribution >= 4 is 22.6 Å². The Hall–Kier alpha value is -2.93. The fourth-order valence-corrected chi connectivity index (χ4v) is 2.88. The molecule has 3 rings (SSSR count). The lowest BCUT2D eigenvalue weighted by Crippen LogP contribution is -2.28. The van der Waals surface area contributed by atoms with E-state index in [1.165, 1.54) is 0 Å². The zero-order chi connectivity index (χ0) is 19.1. The second-order valence-corrected chi connectivity index (χ2v) is 6.16. The largest absolute Gasteiger partial charge is 0.490 e. The van der Waals surface area contributed by atoms with Gasteiger partial charge in [-0.3, -0.25) is 4.79 Å². The van der Waals surface area contributed by atoms with Crippen LogP contribution < -0.4 is 10.1 Å². The first kappa shape index (κ1) is 18.8. The van der Waals surface area contributed by atoms with Gasteiger partial charge in [0.25, 0.3) is 0 Å². The maximum atomic E-state index is 12.5. The third-order valence-electron chi connectivity index (χ3n) is 4.43. The predicted molar refractivity (Wildman–Crippen MR) is 106 cm³/mol. The molecule has 1 aromatic heterocycles. The first-order valence-electron chi connectivity index (χ1n) is 9.23. The number of aromatic nitrogens is 3. The van der Waals surface area contributed by atoms with E-state index in [4.69, 9.17) is 4.74 Å². The maximum absolute atomic E-state index is 12.5. The molecule has 7 heteroatoms. The van der Waals surface area contributed by atoms with E-state index in [1.807, 2.05) is 48.5 Å². The van der Waals surface area contributed by atoms with Crippen molar-refractivity contribution in [3.8, 4) is 5.75 Å². The Bertz CT molecular complexity index is 889. The van der Waals surface area contributed by atoms with Gasteiger partial charge >= 0.3 is 0 Å². The molecule has 0 bridgehead atoms. The molecular weight excluding hydrogens is 342 g/mol. The van der Waals surface area contributed by atoms with Gasteiger partial charge in [0, 0.05) is 6.54 Å². The molecule has 3 aromatic rings. The highest BCUT2D eigenvalue weighted by molar-refractivity contribution is 5.92. The molecule has 0 spiro atoms. The monoisotopic (exact) mass is 367 g/mol. The first-order valence-corrected chi connectivity index (χ1v) is 9.23. The molecule has 0 radical (unpaired) electrons. The topological polar surface area (TPSA) is 72.3 Å². The summed E-state index contributed by atoms with van der Waals surface area (Å²) in [5.41, 5.74) is 2.26. The first-order chi connectivity index (χ1) is 13.2. The summed E-state index contributed by atoms with van der Waals surface area (Å²) < 4.78 is 7.48. The van der Waals surface area contributed by atoms with Crippen LogP contribution in [0.3, 0.4) is 0 Å². The Balaban J connectivity index is 1.62. The number of fused-ring (bicyclic) bond motifs is 1. The summed E-state index contributed by atoms with van der Waals surface area (Å²) in [7, 11) is 0. The number of hydrogen-bond acceptors (Lipinski definition) is 5. The molecule has 27 heavy (non-hydrogen) atoms. The second-order valence-electron chi connectivity index (χ2n) is 6.16. The van der Waals surface area contributed by atoms with Crippen molar-refractivity contribution in [2.75, 3.05) is 31.6 Å². The lowest BCUT2D eigenvalue weighted by Gasteiger charge is -2.19. The van der Waals surface area contributed by atoms with E-state index in [2.05, 4.69) is 34.4 Å². The summed E-state index contributed by atoms with van der Waals surface area (Å²) in [6.07, 6.45) is 0. The Labute approximate surface area is 158 Å². The van der Waals surface area contributed by atoms with Gasteiger partial charge < -0.3 is 15.0 Å². The van der Waals surface area contributed by atoms with Gasteiger partial charge in [-0.25, -0.2) is 4.68 Å². The minimum atomic E-state index is -0.176. The van der Waals surface area contributed by atoms with E-state index >= 15 is 0 Å². The van der Waals surface area contributed by atoms with E-state index in [0.717, 1.165) is 30.7 Å². The number of carbonyl (C=O) groups is 1. The highest BCUT2D eigenvalue weighted by atomic mass is 16.5. The smallest absolute Gasteiger partial charge is 0.246 e. The lowest BCUT2D eigenvalue weighted by molar-refractivity contribution is -0.116. The van der Waals surface area contributed by atoms with E-state index in [1.54, 1.807) is 4.68 Å². The molecule has 0 saturated carbocycles. The number of hydrogen-bond donors (Lipinski definition) is 1. The Kier molecular flexibility index (Phi) is 6.38. The molecule has 0 unspecified atom stereocenters. The molecule has 0 aliphatic rings. The average molecular weight is 367 g/mol. The SMILES string of the molecule is CCN(CC)CCOc1ccccc1NC(=O)Cn1nnc2ccccc21. The van der Waals surface area contributed by atoms with E-state index in [9.17, 15) is 4.79 Å². The second kappa shape index (κ2) is 9.14. The number of carbonyl (C=O) groups excluding carboxylic acids is 1. The number of rotatable bonds is 9. The van der Waals surface area contributed by atoms with Crippen LogP contribution in [0.5, 0.6) is 5.75 Å². The van der Waals surface area contributed by atoms with Crippen LogP contribution in [0.15, 0.2) is 48.5 Å². The predicted octanol–water partition coefficient (Wildman–Crippen LogP) is 2.79. The van der Waals surface area contributed by atoms with Gasteiger partial charge in [0.1, 0.15) is 24.4 Å². The molecular formula is C20H25N5O2. The number of nitrogens with one attached hydrogen (secondary N) is 1. The number of likely N-dealkylation sites (N-methyl/N-ethyl adjacent to an activating group) is 1. The number of ether oxygens (including phenoxy) is 1. The zero-order valence-corrected chi connectivity index (χ0v) is 15.8. The standard InChI is InChI=1S/C20H25N5O2/c1-3-24(4-2)13-14-27-19-12-8-6-10-17(19)21-20(26)15-25-18-11-7-5-9-16(18)22-23-25/h5-12H,3-4,13-15H2,1-2H3,(H,21,26). The number of nitrogens with zero attached hydrogens (tertiary/aromatic N) is 4. The number of amides is 1. The van der Waals surface area contributed by atoms with Crippen molar-refractivity contribution in [1.82, 2.24) is 19.9 Å². The Morgan fingerprint density at radius 1 is 1.11 bits per heavy atom. The molecule has 2 aromatic carbocycles. The van der Waals surface area contributed by atoms with Crippen molar-refractivity contribution in [1.29, 1.82) is 0 Å². The van der Waals surface area contributed by atoms with Gasteiger partial charge in [-0.1, -0.05) is 43.3 Å². The van der Waals surface area contributed by atoms with Gasteiger partial charge in [-0.15, -0.1) is 5.10 Å². The van der Waals surface area contributed by atoms with E-state index in [-0.39, 0.29) is 12.5 Å². The van der Waals surface area contributed by atoms with Crippen molar-refractivity contribution < 1.29 is 9.53 Å². The van der Waals surface area contributed by atoms with Gasteiger partial charge in [-0.2, -0.15) is 0 Å². The summed E-state index contributed by atoms with van der Waals surface area (Å²) in [6, 6.07) is 15.0. The minimum Gasteiger partial charge on any atom is -0.490 e. The number of para-hydroxylation sites is 3. The van der Waals surface area contributed by atoms with Crippen molar-refractivity contribution in [2.24, 2.45) is 0 Å². The minimum absolute atomic E-state index is 0.0916. The van der Waals surface area contributed by atoms with Crippen molar-refractivity contribution in [3.05, 3.63) is 48.5 Å². The van der Waals surface area contributed by atoms with Crippen LogP contribution in [0.1, 0.15) is 13.8 Å². The van der Waals surface area contributed by atoms with E-state index in [0.29, 0.717) is 18.0 Å². The lowest BCUT2D eigenvalue weighted by atomic mass is 10.3. The number of benzene rings is 2. The van der Waals surface area contributed by atoms with Gasteiger partial charge in [0.05, 0.1) is 11.2 Å². The van der Waals surface area contributed by atoms with Crippen LogP contribution >= 0.6 is 0 Å². The summed E-state index contributed by atoms with van der Waals surface area (Å²) in [6.45, 7) is 7.75. The molecule has 142 valence electrons. The van der Waals surface area contributed by atoms with Gasteiger partial charge in [0.15, 0.2) is 0 Å². The summed E-state index contributed by atoms with van der Waals surface area (Å²) >= 11 is 0. The van der Waals surface area contributed by atoms with Crippen LogP contribution in [0, 0.1) is 0 Å². The molecule has 1 amide bonds. The summed E-state index contributed by atoms with van der Waals surface area (Å²) in [5, 5.41) is 11.0. The highest BCUT2D eigenvalue weighted by Crippen LogP contribution is 2.23. The molecule has 0 atom stereocenters. The molecule has 0 fully saturated rings. The van der Waals surface area contributed by atoms with Crippen LogP contribution in [0.4, 0.5) is 5.69 Å². The van der Waals surface area contributed by atoms with Gasteiger partial charge in [0.2, 0.25) is 5.91 Å². The summed E-state index contributed by atoms with van der Waals surface area (Å²) in [4.78, 5) is 14.8. The fraction of sp³-hybridized carbons (Fsp3) is 0.350. The Morgan fingerprint density at radius 2 is 1.85 bits per heavy atom. The molecule has 0 aliphatic heterocycles. The quantitative estimate of drug-likeness (QED) is 0.630. The Morgan fingerprint density at radius 3 is 2.67 bits per heavy atom. The zero-order valence-electron chi connectivity index (χ0n) is 15.8. The van der Waals surface area contributed by atoms with Crippen LogP contribution in [0.25, 0.3) is 11.0 Å². The number of anilines is 1. The van der Waals surface area contributed by atoms with Gasteiger partial charge in [-0.05, 0) is 37.4 Å². The average Bonchev–Trinajstić information content (AvgIpc) is 3.09. The van der Waals surface area contributed by atoms with Crippen LogP contribution in [0.2, 0.25) is 0 Å². The third kappa shape index (κ3) is 4.83. The van der Waals surface area contributed by atoms with Crippen molar-refractivity contribution in [2.45, 2.75) is 20.4 Å². The summed E-state index contributed by atoms with van der Waals surface area (Å²) in [5.74, 6) is 0.493. The maximum Gasteiger partial charge on any atom is 0.246 e. The van der Waals surface area contributed by atoms with Crippen molar-refractivity contribution in [3.63, 3.8) is 0 Å². The fourth-order valence-electron chi connectivity index (χ4n) is 2.88. The molecule has 7 nitrogen and oxygen atoms in total. The molecule has 1 heterocycles.